The lowest BCUT2D eigenvalue weighted by Gasteiger charge is -2.12. The highest BCUT2D eigenvalue weighted by molar-refractivity contribution is 6.30. The second-order valence-electron chi connectivity index (χ2n) is 5.57. The van der Waals surface area contributed by atoms with Crippen molar-refractivity contribution in [3.8, 4) is 5.69 Å². The molecule has 0 aliphatic carbocycles. The lowest BCUT2D eigenvalue weighted by molar-refractivity contribution is 0.557. The van der Waals surface area contributed by atoms with Crippen LogP contribution in [-0.2, 0) is 0 Å². The highest BCUT2D eigenvalue weighted by atomic mass is 35.5. The Hall–Kier alpha value is -3.18. The lowest BCUT2D eigenvalue weighted by Crippen LogP contribution is -2.22. The summed E-state index contributed by atoms with van der Waals surface area (Å²) < 4.78 is 20.2. The quantitative estimate of drug-likeness (QED) is 0.516. The van der Waals surface area contributed by atoms with Crippen LogP contribution in [0.15, 0.2) is 70.1 Å². The van der Waals surface area contributed by atoms with Crippen LogP contribution in [0.4, 0.5) is 4.39 Å². The van der Waals surface area contributed by atoms with Crippen LogP contribution in [0, 0.1) is 5.82 Å². The molecule has 0 amide bonds. The van der Waals surface area contributed by atoms with Gasteiger partial charge in [-0.2, -0.15) is 0 Å². The summed E-state index contributed by atoms with van der Waals surface area (Å²) in [5, 5.41) is 0.395. The molecule has 0 saturated heterocycles. The molecule has 0 aliphatic heterocycles. The molecule has 0 aliphatic rings. The maximum Gasteiger partial charge on any atom is 0.266 e. The van der Waals surface area contributed by atoms with Gasteiger partial charge in [0.05, 0.1) is 27.9 Å². The van der Waals surface area contributed by atoms with E-state index >= 15 is 0 Å². The Kier molecular flexibility index (Phi) is 4.14. The van der Waals surface area contributed by atoms with Gasteiger partial charge in [0.15, 0.2) is 0 Å². The van der Waals surface area contributed by atoms with Crippen LogP contribution in [0.1, 0.15) is 11.6 Å². The predicted octanol–water partition coefficient (Wildman–Crippen LogP) is 4.94. The summed E-state index contributed by atoms with van der Waals surface area (Å²) in [7, 11) is 0. The fourth-order valence-corrected chi connectivity index (χ4v) is 2.85. The van der Waals surface area contributed by atoms with Gasteiger partial charge < -0.3 is 4.42 Å². The van der Waals surface area contributed by atoms with E-state index in [1.165, 1.54) is 22.8 Å². The monoisotopic (exact) mass is 366 g/mol. The summed E-state index contributed by atoms with van der Waals surface area (Å²) in [5.41, 5.74) is 0.733. The molecule has 128 valence electrons. The molecule has 0 unspecified atom stereocenters. The molecular formula is C20H12ClFN2O2. The number of rotatable bonds is 3. The number of nitrogens with zero attached hydrogens (tertiary/aromatic N) is 2. The van der Waals surface area contributed by atoms with Crippen LogP contribution in [0.5, 0.6) is 0 Å². The smallest absolute Gasteiger partial charge is 0.266 e. The van der Waals surface area contributed by atoms with Crippen molar-refractivity contribution in [3.05, 3.63) is 93.6 Å². The lowest BCUT2D eigenvalue weighted by atomic mass is 10.2. The van der Waals surface area contributed by atoms with Crippen LogP contribution in [0.25, 0.3) is 28.7 Å². The first-order chi connectivity index (χ1) is 12.6. The molecule has 0 N–H and O–H groups in total. The fraction of sp³-hybridized carbons (Fsp3) is 0. The average Bonchev–Trinajstić information content (AvgIpc) is 3.16. The zero-order chi connectivity index (χ0) is 18.1. The molecule has 4 rings (SSSR count). The highest BCUT2D eigenvalue weighted by Crippen LogP contribution is 2.21. The highest BCUT2D eigenvalue weighted by Gasteiger charge is 2.12. The fourth-order valence-electron chi connectivity index (χ4n) is 2.68. The summed E-state index contributed by atoms with van der Waals surface area (Å²) in [6.45, 7) is 0. The third-order valence-corrected chi connectivity index (χ3v) is 4.19. The summed E-state index contributed by atoms with van der Waals surface area (Å²) >= 11 is 5.90. The van der Waals surface area contributed by atoms with E-state index in [9.17, 15) is 9.18 Å². The van der Waals surface area contributed by atoms with Crippen molar-refractivity contribution in [2.75, 3.05) is 0 Å². The molecule has 0 radical (unpaired) electrons. The van der Waals surface area contributed by atoms with Crippen LogP contribution in [0.3, 0.4) is 0 Å². The van der Waals surface area contributed by atoms with Crippen molar-refractivity contribution in [2.24, 2.45) is 0 Å². The summed E-state index contributed by atoms with van der Waals surface area (Å²) in [4.78, 5) is 17.6. The number of halogens is 2. The van der Waals surface area contributed by atoms with Crippen molar-refractivity contribution in [1.29, 1.82) is 0 Å². The second kappa shape index (κ2) is 6.61. The van der Waals surface area contributed by atoms with Crippen molar-refractivity contribution < 1.29 is 8.81 Å². The van der Waals surface area contributed by atoms with E-state index in [0.717, 1.165) is 0 Å². The molecule has 4 aromatic rings. The molecule has 0 bridgehead atoms. The first kappa shape index (κ1) is 16.3. The van der Waals surface area contributed by atoms with Gasteiger partial charge >= 0.3 is 0 Å². The number of furan rings is 1. The summed E-state index contributed by atoms with van der Waals surface area (Å²) in [6, 6.07) is 14.7. The minimum atomic E-state index is -0.551. The minimum Gasteiger partial charge on any atom is -0.465 e. The molecule has 2 heterocycles. The van der Waals surface area contributed by atoms with Gasteiger partial charge in [-0.3, -0.25) is 9.36 Å². The van der Waals surface area contributed by atoms with Gasteiger partial charge in [0.2, 0.25) is 0 Å². The normalized spacial score (nSPS) is 11.5. The standard InChI is InChI=1S/C20H12ClFN2O2/c21-16-12-13(7-9-17(16)22)24-19(10-8-14-4-3-11-26-14)23-18-6-2-1-5-15(18)20(24)25/h1-12H/b10-8+. The van der Waals surface area contributed by atoms with Crippen molar-refractivity contribution in [2.45, 2.75) is 0 Å². The number of fused-ring (bicyclic) bond motifs is 1. The van der Waals surface area contributed by atoms with E-state index in [1.54, 1.807) is 48.7 Å². The van der Waals surface area contributed by atoms with Crippen molar-refractivity contribution >= 4 is 34.7 Å². The first-order valence-corrected chi connectivity index (χ1v) is 8.20. The Bertz CT molecular complexity index is 1180. The van der Waals surface area contributed by atoms with Crippen LogP contribution >= 0.6 is 11.6 Å². The van der Waals surface area contributed by atoms with Gasteiger partial charge in [-0.1, -0.05) is 23.7 Å². The Balaban J connectivity index is 1.99. The van der Waals surface area contributed by atoms with Crippen LogP contribution < -0.4 is 5.56 Å². The minimum absolute atomic E-state index is 0.0662. The molecule has 26 heavy (non-hydrogen) atoms. The third kappa shape index (κ3) is 2.93. The van der Waals surface area contributed by atoms with Crippen LogP contribution in [-0.4, -0.2) is 9.55 Å². The summed E-state index contributed by atoms with van der Waals surface area (Å²) in [6.07, 6.45) is 4.93. The molecule has 2 aromatic carbocycles. The maximum absolute atomic E-state index is 13.5. The van der Waals surface area contributed by atoms with E-state index in [4.69, 9.17) is 16.0 Å². The number of benzene rings is 2. The van der Waals surface area contributed by atoms with E-state index in [-0.39, 0.29) is 10.6 Å². The first-order valence-electron chi connectivity index (χ1n) is 7.82. The second-order valence-corrected chi connectivity index (χ2v) is 5.98. The molecular weight excluding hydrogens is 355 g/mol. The van der Waals surface area contributed by atoms with Crippen molar-refractivity contribution in [1.82, 2.24) is 9.55 Å². The zero-order valence-corrected chi connectivity index (χ0v) is 14.2. The number of aromatic nitrogens is 2. The number of hydrogen-bond donors (Lipinski definition) is 0. The Labute approximate surface area is 152 Å². The maximum atomic E-state index is 13.5. The largest absolute Gasteiger partial charge is 0.465 e. The molecule has 2 aromatic heterocycles. The topological polar surface area (TPSA) is 48.0 Å². The molecule has 4 nitrogen and oxygen atoms in total. The molecule has 6 heteroatoms. The van der Waals surface area contributed by atoms with Gasteiger partial charge in [-0.15, -0.1) is 0 Å². The predicted molar refractivity (Wildman–Crippen MR) is 99.9 cm³/mol. The van der Waals surface area contributed by atoms with E-state index in [0.29, 0.717) is 28.2 Å². The van der Waals surface area contributed by atoms with Gasteiger partial charge in [0.25, 0.3) is 5.56 Å². The number of hydrogen-bond acceptors (Lipinski definition) is 3. The Morgan fingerprint density at radius 1 is 1.08 bits per heavy atom. The summed E-state index contributed by atoms with van der Waals surface area (Å²) in [5.74, 6) is 0.453. The molecule has 0 atom stereocenters. The Morgan fingerprint density at radius 2 is 1.92 bits per heavy atom. The van der Waals surface area contributed by atoms with Gasteiger partial charge in [-0.25, -0.2) is 9.37 Å². The average molecular weight is 367 g/mol. The molecule has 0 saturated carbocycles. The van der Waals surface area contributed by atoms with E-state index in [1.807, 2.05) is 6.07 Å². The molecule has 0 fully saturated rings. The SMILES string of the molecule is O=c1c2ccccc2nc(/C=C/c2ccco2)n1-c1ccc(F)c(Cl)c1. The van der Waals surface area contributed by atoms with Gasteiger partial charge in [0.1, 0.15) is 17.4 Å². The Morgan fingerprint density at radius 3 is 2.69 bits per heavy atom. The van der Waals surface area contributed by atoms with Crippen molar-refractivity contribution in [3.63, 3.8) is 0 Å². The zero-order valence-electron chi connectivity index (χ0n) is 13.4. The van der Waals surface area contributed by atoms with E-state index in [2.05, 4.69) is 4.98 Å². The third-order valence-electron chi connectivity index (χ3n) is 3.90. The van der Waals surface area contributed by atoms with Gasteiger partial charge in [0, 0.05) is 0 Å². The van der Waals surface area contributed by atoms with Crippen LogP contribution in [0.2, 0.25) is 5.02 Å². The molecule has 0 spiro atoms. The number of para-hydroxylation sites is 1. The van der Waals surface area contributed by atoms with Gasteiger partial charge in [-0.05, 0) is 54.6 Å². The van der Waals surface area contributed by atoms with E-state index < -0.39 is 5.82 Å².